The molecule has 29 heavy (non-hydrogen) atoms. The van der Waals surface area contributed by atoms with Gasteiger partial charge in [-0.3, -0.25) is 14.5 Å². The molecule has 0 aliphatic carbocycles. The summed E-state index contributed by atoms with van der Waals surface area (Å²) in [6.45, 7) is 5.11. The lowest BCUT2D eigenvalue weighted by Gasteiger charge is -2.25. The van der Waals surface area contributed by atoms with Crippen LogP contribution in [-0.2, 0) is 15.1 Å². The maximum Gasteiger partial charge on any atom is 0.325 e. The van der Waals surface area contributed by atoms with E-state index in [1.165, 1.54) is 0 Å². The summed E-state index contributed by atoms with van der Waals surface area (Å²) in [5.74, 6) is -0.987. The molecule has 1 aliphatic heterocycles. The summed E-state index contributed by atoms with van der Waals surface area (Å²) in [5.41, 5.74) is 1.62. The lowest BCUT2D eigenvalue weighted by atomic mass is 9.87. The lowest BCUT2D eigenvalue weighted by Crippen LogP contribution is -2.44. The van der Waals surface area contributed by atoms with Gasteiger partial charge in [-0.1, -0.05) is 48.3 Å². The Morgan fingerprint density at radius 1 is 1.14 bits per heavy atom. The highest BCUT2D eigenvalue weighted by atomic mass is 35.5. The molecule has 1 atom stereocenters. The standard InChI is InChI=1S/C21H21Cl2N3O3/c1-4-21(14-5-7-15(22)8-6-14)19(28)26(20(29)25-21)11-17(27)24-18-13(3)9-12(2)10-16(18)23/h5-10H,4,11H2,1-3H3,(H,24,27)(H,25,29). The maximum atomic E-state index is 13.1. The molecule has 1 aliphatic rings. The van der Waals surface area contributed by atoms with E-state index in [1.54, 1.807) is 37.3 Å². The number of anilines is 1. The minimum absolute atomic E-state index is 0.334. The van der Waals surface area contributed by atoms with Crippen molar-refractivity contribution in [2.24, 2.45) is 0 Å². The fourth-order valence-corrected chi connectivity index (χ4v) is 4.03. The third kappa shape index (κ3) is 3.95. The molecule has 1 unspecified atom stereocenters. The van der Waals surface area contributed by atoms with Gasteiger partial charge >= 0.3 is 6.03 Å². The first-order chi connectivity index (χ1) is 13.7. The normalized spacial score (nSPS) is 18.7. The van der Waals surface area contributed by atoms with Gasteiger partial charge in [0.25, 0.3) is 5.91 Å². The van der Waals surface area contributed by atoms with Crippen LogP contribution in [0.2, 0.25) is 10.0 Å². The number of aryl methyl sites for hydroxylation is 2. The molecule has 0 saturated carbocycles. The van der Waals surface area contributed by atoms with Gasteiger partial charge in [-0.05, 0) is 55.2 Å². The van der Waals surface area contributed by atoms with Crippen LogP contribution in [0.4, 0.5) is 10.5 Å². The van der Waals surface area contributed by atoms with Crippen molar-refractivity contribution in [1.82, 2.24) is 10.2 Å². The molecule has 1 heterocycles. The molecule has 152 valence electrons. The van der Waals surface area contributed by atoms with Crippen molar-refractivity contribution < 1.29 is 14.4 Å². The van der Waals surface area contributed by atoms with Crippen LogP contribution in [0.25, 0.3) is 0 Å². The SMILES string of the molecule is CCC1(c2ccc(Cl)cc2)NC(=O)N(CC(=O)Nc2c(C)cc(C)cc2Cl)C1=O. The summed E-state index contributed by atoms with van der Waals surface area (Å²) in [6.07, 6.45) is 0.334. The molecule has 2 aromatic carbocycles. The summed E-state index contributed by atoms with van der Waals surface area (Å²) in [7, 11) is 0. The molecule has 1 saturated heterocycles. The van der Waals surface area contributed by atoms with E-state index in [1.807, 2.05) is 19.9 Å². The highest BCUT2D eigenvalue weighted by molar-refractivity contribution is 6.34. The van der Waals surface area contributed by atoms with E-state index in [4.69, 9.17) is 23.2 Å². The number of urea groups is 1. The van der Waals surface area contributed by atoms with E-state index >= 15 is 0 Å². The molecule has 1 fully saturated rings. The van der Waals surface area contributed by atoms with Crippen LogP contribution in [0, 0.1) is 13.8 Å². The molecular formula is C21H21Cl2N3O3. The van der Waals surface area contributed by atoms with E-state index in [-0.39, 0.29) is 0 Å². The molecule has 0 spiro atoms. The van der Waals surface area contributed by atoms with Gasteiger partial charge in [0.2, 0.25) is 5.91 Å². The Kier molecular flexibility index (Phi) is 5.87. The van der Waals surface area contributed by atoms with Crippen molar-refractivity contribution in [1.29, 1.82) is 0 Å². The van der Waals surface area contributed by atoms with Crippen LogP contribution in [0.5, 0.6) is 0 Å². The Morgan fingerprint density at radius 3 is 2.38 bits per heavy atom. The van der Waals surface area contributed by atoms with Gasteiger partial charge in [0.1, 0.15) is 12.1 Å². The summed E-state index contributed by atoms with van der Waals surface area (Å²) >= 11 is 12.2. The van der Waals surface area contributed by atoms with Gasteiger partial charge in [0.15, 0.2) is 0 Å². The van der Waals surface area contributed by atoms with E-state index < -0.39 is 29.9 Å². The first kappa shape index (κ1) is 21.1. The molecule has 3 rings (SSSR count). The zero-order valence-corrected chi connectivity index (χ0v) is 17.8. The monoisotopic (exact) mass is 433 g/mol. The van der Waals surface area contributed by atoms with Crippen LogP contribution in [0.3, 0.4) is 0 Å². The topological polar surface area (TPSA) is 78.5 Å². The van der Waals surface area contributed by atoms with Crippen molar-refractivity contribution in [3.63, 3.8) is 0 Å². The fraction of sp³-hybridized carbons (Fsp3) is 0.286. The lowest BCUT2D eigenvalue weighted by molar-refractivity contribution is -0.134. The second-order valence-electron chi connectivity index (χ2n) is 7.07. The largest absolute Gasteiger partial charge is 0.325 e. The number of amides is 4. The van der Waals surface area contributed by atoms with Crippen LogP contribution in [-0.4, -0.2) is 29.3 Å². The molecule has 0 radical (unpaired) electrons. The van der Waals surface area contributed by atoms with Crippen molar-refractivity contribution in [2.75, 3.05) is 11.9 Å². The predicted octanol–water partition coefficient (Wildman–Crippen LogP) is 4.41. The molecule has 8 heteroatoms. The number of hydrogen-bond donors (Lipinski definition) is 2. The van der Waals surface area contributed by atoms with Crippen LogP contribution >= 0.6 is 23.2 Å². The Labute approximate surface area is 179 Å². The number of carbonyl (C=O) groups is 3. The van der Waals surface area contributed by atoms with E-state index in [0.717, 1.165) is 16.0 Å². The van der Waals surface area contributed by atoms with E-state index in [0.29, 0.717) is 27.7 Å². The van der Waals surface area contributed by atoms with Gasteiger partial charge in [-0.25, -0.2) is 4.79 Å². The fourth-order valence-electron chi connectivity index (χ4n) is 3.54. The van der Waals surface area contributed by atoms with Crippen molar-refractivity contribution in [3.05, 3.63) is 63.1 Å². The average Bonchev–Trinajstić information content (AvgIpc) is 2.90. The third-order valence-corrected chi connectivity index (χ3v) is 5.59. The zero-order valence-electron chi connectivity index (χ0n) is 16.3. The van der Waals surface area contributed by atoms with Crippen LogP contribution in [0.15, 0.2) is 36.4 Å². The minimum atomic E-state index is -1.22. The average molecular weight is 434 g/mol. The van der Waals surface area contributed by atoms with Gasteiger partial charge in [-0.2, -0.15) is 0 Å². The molecule has 4 amide bonds. The second-order valence-corrected chi connectivity index (χ2v) is 7.92. The summed E-state index contributed by atoms with van der Waals surface area (Å²) in [4.78, 5) is 39.1. The number of rotatable bonds is 5. The molecule has 2 aromatic rings. The van der Waals surface area contributed by atoms with Crippen LogP contribution in [0.1, 0.15) is 30.0 Å². The predicted molar refractivity (Wildman–Crippen MR) is 113 cm³/mol. The number of carbonyl (C=O) groups excluding carboxylic acids is 3. The van der Waals surface area contributed by atoms with Crippen LogP contribution < -0.4 is 10.6 Å². The first-order valence-electron chi connectivity index (χ1n) is 9.14. The molecule has 6 nitrogen and oxygen atoms in total. The summed E-state index contributed by atoms with van der Waals surface area (Å²) in [6, 6.07) is 9.72. The zero-order chi connectivity index (χ0) is 21.3. The van der Waals surface area contributed by atoms with Gasteiger partial charge in [-0.15, -0.1) is 0 Å². The summed E-state index contributed by atoms with van der Waals surface area (Å²) in [5, 5.41) is 6.37. The number of hydrogen-bond acceptors (Lipinski definition) is 3. The van der Waals surface area contributed by atoms with E-state index in [2.05, 4.69) is 10.6 Å². The Morgan fingerprint density at radius 2 is 1.79 bits per heavy atom. The number of nitrogens with one attached hydrogen (secondary N) is 2. The minimum Gasteiger partial charge on any atom is -0.323 e. The number of halogens is 2. The van der Waals surface area contributed by atoms with Crippen molar-refractivity contribution >= 4 is 46.7 Å². The Hall–Kier alpha value is -2.57. The van der Waals surface area contributed by atoms with Crippen molar-refractivity contribution in [2.45, 2.75) is 32.7 Å². The number of benzene rings is 2. The first-order valence-corrected chi connectivity index (χ1v) is 9.90. The highest BCUT2D eigenvalue weighted by Crippen LogP contribution is 2.33. The maximum absolute atomic E-state index is 13.1. The quantitative estimate of drug-likeness (QED) is 0.685. The van der Waals surface area contributed by atoms with Gasteiger partial charge in [0, 0.05) is 5.02 Å². The smallest absolute Gasteiger partial charge is 0.323 e. The molecule has 2 N–H and O–H groups in total. The van der Waals surface area contributed by atoms with Crippen molar-refractivity contribution in [3.8, 4) is 0 Å². The molecular weight excluding hydrogens is 413 g/mol. The Balaban J connectivity index is 1.81. The molecule has 0 bridgehead atoms. The van der Waals surface area contributed by atoms with Gasteiger partial charge < -0.3 is 10.6 Å². The number of nitrogens with zero attached hydrogens (tertiary/aromatic N) is 1. The highest BCUT2D eigenvalue weighted by Gasteiger charge is 2.51. The number of imide groups is 1. The second kappa shape index (κ2) is 8.05. The Bertz CT molecular complexity index is 968. The van der Waals surface area contributed by atoms with E-state index in [9.17, 15) is 14.4 Å². The molecule has 0 aromatic heterocycles. The third-order valence-electron chi connectivity index (χ3n) is 5.04. The van der Waals surface area contributed by atoms with Gasteiger partial charge in [0.05, 0.1) is 10.7 Å². The summed E-state index contributed by atoms with van der Waals surface area (Å²) < 4.78 is 0.